The van der Waals surface area contributed by atoms with Crippen LogP contribution in [0.5, 0.6) is 0 Å². The molecule has 0 unspecified atom stereocenters. The molecule has 1 aromatic heterocycles. The van der Waals surface area contributed by atoms with Crippen LogP contribution in [0.4, 0.5) is 10.7 Å². The Bertz CT molecular complexity index is 536. The summed E-state index contributed by atoms with van der Waals surface area (Å²) in [5, 5.41) is 8.73. The van der Waals surface area contributed by atoms with Crippen LogP contribution in [0.2, 0.25) is 0 Å². The highest BCUT2D eigenvalue weighted by atomic mass is 16.6. The van der Waals surface area contributed by atoms with Crippen molar-refractivity contribution in [3.05, 3.63) is 18.0 Å². The molecule has 0 aliphatic carbocycles. The maximum atomic E-state index is 12.0. The van der Waals surface area contributed by atoms with Crippen molar-refractivity contribution < 1.29 is 9.53 Å². The van der Waals surface area contributed by atoms with Crippen LogP contribution in [0.25, 0.3) is 0 Å². The number of carbonyl (C=O) groups is 1. The molecule has 112 valence electrons. The van der Waals surface area contributed by atoms with E-state index in [-0.39, 0.29) is 6.09 Å². The van der Waals surface area contributed by atoms with E-state index in [4.69, 9.17) is 10.00 Å². The lowest BCUT2D eigenvalue weighted by molar-refractivity contribution is 0.0240. The SMILES string of the molecule is CC(C)(C)OC(=O)N1CCN(c2ncc(C#N)cn2)CC1. The van der Waals surface area contributed by atoms with Crippen LogP contribution in [-0.4, -0.2) is 52.7 Å². The van der Waals surface area contributed by atoms with Gasteiger partial charge in [-0.25, -0.2) is 14.8 Å². The number of rotatable bonds is 1. The van der Waals surface area contributed by atoms with Crippen LogP contribution in [0.1, 0.15) is 26.3 Å². The molecule has 1 aliphatic heterocycles. The quantitative estimate of drug-likeness (QED) is 0.777. The highest BCUT2D eigenvalue weighted by Crippen LogP contribution is 2.14. The molecule has 2 rings (SSSR count). The Hall–Kier alpha value is -2.36. The van der Waals surface area contributed by atoms with Crippen molar-refractivity contribution in [3.63, 3.8) is 0 Å². The maximum Gasteiger partial charge on any atom is 0.410 e. The Balaban J connectivity index is 1.91. The first-order valence-electron chi connectivity index (χ1n) is 6.84. The van der Waals surface area contributed by atoms with Crippen LogP contribution in [-0.2, 0) is 4.74 Å². The minimum atomic E-state index is -0.482. The van der Waals surface area contributed by atoms with Crippen molar-refractivity contribution in [1.82, 2.24) is 14.9 Å². The first-order chi connectivity index (χ1) is 9.89. The second-order valence-electron chi connectivity index (χ2n) is 5.84. The molecule has 7 nitrogen and oxygen atoms in total. The van der Waals surface area contributed by atoms with E-state index in [0.29, 0.717) is 37.7 Å². The van der Waals surface area contributed by atoms with E-state index in [1.165, 1.54) is 12.4 Å². The fraction of sp³-hybridized carbons (Fsp3) is 0.571. The van der Waals surface area contributed by atoms with E-state index in [0.717, 1.165) is 0 Å². The number of nitrogens with zero attached hydrogens (tertiary/aromatic N) is 5. The first-order valence-corrected chi connectivity index (χ1v) is 6.84. The molecular weight excluding hydrogens is 270 g/mol. The summed E-state index contributed by atoms with van der Waals surface area (Å²) in [5.41, 5.74) is -0.0455. The van der Waals surface area contributed by atoms with Gasteiger partial charge in [-0.1, -0.05) is 0 Å². The number of hydrogen-bond donors (Lipinski definition) is 0. The number of aromatic nitrogens is 2. The lowest BCUT2D eigenvalue weighted by atomic mass is 10.2. The van der Waals surface area contributed by atoms with Gasteiger partial charge < -0.3 is 14.5 Å². The minimum absolute atomic E-state index is 0.289. The molecule has 1 fully saturated rings. The van der Waals surface area contributed by atoms with Crippen molar-refractivity contribution in [2.24, 2.45) is 0 Å². The van der Waals surface area contributed by atoms with Crippen LogP contribution in [0, 0.1) is 11.3 Å². The number of anilines is 1. The summed E-state index contributed by atoms with van der Waals surface area (Å²) in [4.78, 5) is 24.0. The lowest BCUT2D eigenvalue weighted by Gasteiger charge is -2.35. The van der Waals surface area contributed by atoms with Crippen molar-refractivity contribution >= 4 is 12.0 Å². The lowest BCUT2D eigenvalue weighted by Crippen LogP contribution is -2.50. The van der Waals surface area contributed by atoms with Crippen molar-refractivity contribution in [3.8, 4) is 6.07 Å². The van der Waals surface area contributed by atoms with E-state index in [1.54, 1.807) is 4.90 Å². The predicted octanol–water partition coefficient (Wildman–Crippen LogP) is 1.41. The van der Waals surface area contributed by atoms with Crippen molar-refractivity contribution in [2.45, 2.75) is 26.4 Å². The molecule has 2 heterocycles. The molecule has 0 radical (unpaired) electrons. The van der Waals surface area contributed by atoms with Crippen LogP contribution in [0.3, 0.4) is 0 Å². The van der Waals surface area contributed by atoms with E-state index in [2.05, 4.69) is 9.97 Å². The number of hydrogen-bond acceptors (Lipinski definition) is 6. The third-order valence-electron chi connectivity index (χ3n) is 2.98. The standard InChI is InChI=1S/C14H19N5O2/c1-14(2,3)21-13(20)19-6-4-18(5-7-19)12-16-9-11(8-15)10-17-12/h9-10H,4-7H2,1-3H3. The number of piperazine rings is 1. The molecule has 1 amide bonds. The Kier molecular flexibility index (Phi) is 4.26. The molecule has 1 aromatic rings. The molecule has 0 aromatic carbocycles. The average molecular weight is 289 g/mol. The summed E-state index contributed by atoms with van der Waals surface area (Å²) in [6.45, 7) is 7.98. The summed E-state index contributed by atoms with van der Waals surface area (Å²) in [6, 6.07) is 1.99. The second-order valence-corrected chi connectivity index (χ2v) is 5.84. The molecule has 0 spiro atoms. The number of carbonyl (C=O) groups excluding carboxylic acids is 1. The van der Waals surface area contributed by atoms with Gasteiger partial charge in [0.05, 0.1) is 18.0 Å². The third kappa shape index (κ3) is 4.05. The molecule has 0 bridgehead atoms. The van der Waals surface area contributed by atoms with Gasteiger partial charge in [-0.05, 0) is 20.8 Å². The topological polar surface area (TPSA) is 82.4 Å². The summed E-state index contributed by atoms with van der Waals surface area (Å²) in [5.74, 6) is 0.581. The molecule has 1 aliphatic rings. The van der Waals surface area contributed by atoms with Crippen LogP contribution < -0.4 is 4.90 Å². The molecule has 21 heavy (non-hydrogen) atoms. The van der Waals surface area contributed by atoms with E-state index < -0.39 is 5.60 Å². The second kappa shape index (κ2) is 5.95. The maximum absolute atomic E-state index is 12.0. The van der Waals surface area contributed by atoms with Gasteiger partial charge in [-0.2, -0.15) is 5.26 Å². The third-order valence-corrected chi connectivity index (χ3v) is 2.98. The summed E-state index contributed by atoms with van der Waals surface area (Å²) >= 11 is 0. The van der Waals surface area contributed by atoms with Gasteiger partial charge in [0.15, 0.2) is 0 Å². The van der Waals surface area contributed by atoms with Crippen molar-refractivity contribution in [1.29, 1.82) is 5.26 Å². The fourth-order valence-electron chi connectivity index (χ4n) is 1.96. The summed E-state index contributed by atoms with van der Waals surface area (Å²) in [7, 11) is 0. The van der Waals surface area contributed by atoms with Gasteiger partial charge in [-0.3, -0.25) is 0 Å². The minimum Gasteiger partial charge on any atom is -0.444 e. The smallest absolute Gasteiger partial charge is 0.410 e. The number of nitriles is 1. The monoisotopic (exact) mass is 289 g/mol. The normalized spacial score (nSPS) is 15.5. The fourth-order valence-corrected chi connectivity index (χ4v) is 1.96. The zero-order valence-corrected chi connectivity index (χ0v) is 12.5. The van der Waals surface area contributed by atoms with E-state index >= 15 is 0 Å². The number of ether oxygens (including phenoxy) is 1. The highest BCUT2D eigenvalue weighted by molar-refractivity contribution is 5.68. The zero-order valence-electron chi connectivity index (χ0n) is 12.5. The van der Waals surface area contributed by atoms with Gasteiger partial charge in [0.25, 0.3) is 0 Å². The predicted molar refractivity (Wildman–Crippen MR) is 76.8 cm³/mol. The number of amides is 1. The van der Waals surface area contributed by atoms with Gasteiger partial charge in [-0.15, -0.1) is 0 Å². The Morgan fingerprint density at radius 1 is 1.24 bits per heavy atom. The average Bonchev–Trinajstić information content (AvgIpc) is 2.46. The largest absolute Gasteiger partial charge is 0.444 e. The molecule has 0 N–H and O–H groups in total. The summed E-state index contributed by atoms with van der Waals surface area (Å²) in [6.07, 6.45) is 2.72. The summed E-state index contributed by atoms with van der Waals surface area (Å²) < 4.78 is 5.35. The molecule has 7 heteroatoms. The van der Waals surface area contributed by atoms with Gasteiger partial charge >= 0.3 is 6.09 Å². The Morgan fingerprint density at radius 3 is 2.29 bits per heavy atom. The molecule has 0 saturated carbocycles. The Morgan fingerprint density at radius 2 is 1.81 bits per heavy atom. The van der Waals surface area contributed by atoms with Crippen LogP contribution in [0.15, 0.2) is 12.4 Å². The van der Waals surface area contributed by atoms with Gasteiger partial charge in [0.1, 0.15) is 11.7 Å². The molecule has 1 saturated heterocycles. The van der Waals surface area contributed by atoms with E-state index in [9.17, 15) is 4.79 Å². The molecule has 0 atom stereocenters. The van der Waals surface area contributed by atoms with Crippen LogP contribution >= 0.6 is 0 Å². The van der Waals surface area contributed by atoms with Crippen molar-refractivity contribution in [2.75, 3.05) is 31.1 Å². The van der Waals surface area contributed by atoms with Gasteiger partial charge in [0.2, 0.25) is 5.95 Å². The molecular formula is C14H19N5O2. The van der Waals surface area contributed by atoms with E-state index in [1.807, 2.05) is 31.7 Å². The first kappa shape index (κ1) is 15.0. The zero-order chi connectivity index (χ0) is 15.5. The van der Waals surface area contributed by atoms with Gasteiger partial charge in [0, 0.05) is 26.2 Å². The highest BCUT2D eigenvalue weighted by Gasteiger charge is 2.26. The Labute approximate surface area is 124 Å².